The third-order valence-corrected chi connectivity index (χ3v) is 6.52. The Balaban J connectivity index is 1.88. The fraction of sp³-hybridized carbons (Fsp3) is 0.769. The maximum atomic E-state index is 11.6. The van der Waals surface area contributed by atoms with Crippen LogP contribution < -0.4 is 0 Å². The molecule has 2 rings (SSSR count). The van der Waals surface area contributed by atoms with Crippen molar-refractivity contribution in [3.8, 4) is 11.8 Å². The van der Waals surface area contributed by atoms with E-state index in [0.717, 1.165) is 32.1 Å². The molecule has 0 radical (unpaired) electrons. The largest absolute Gasteiger partial charge is 0.469 e. The molecule has 2 saturated carbocycles. The molecule has 2 fully saturated rings. The zero-order chi connectivity index (χ0) is 23.5. The predicted molar refractivity (Wildman–Crippen MR) is 122 cm³/mol. The Morgan fingerprint density at radius 3 is 2.56 bits per heavy atom. The Morgan fingerprint density at radius 2 is 1.91 bits per heavy atom. The first-order valence-corrected chi connectivity index (χ1v) is 12.1. The molecule has 0 heterocycles. The van der Waals surface area contributed by atoms with E-state index in [1.165, 1.54) is 26.9 Å². The Morgan fingerprint density at radius 1 is 1.19 bits per heavy atom. The number of aliphatic hydroxyl groups is 2. The lowest BCUT2D eigenvalue weighted by molar-refractivity contribution is -0.148. The second-order valence-corrected chi connectivity index (χ2v) is 9.37. The molecule has 180 valence electrons. The second-order valence-electron chi connectivity index (χ2n) is 9.37. The SMILES string of the molecule is COC(=O)CCCCCC[C@@H]1[C@@H](/C=C/C(O)C(C)CC#CC2CC2)[C@H](O)C[C@@H]1OC(C)=O. The Labute approximate surface area is 192 Å². The topological polar surface area (TPSA) is 93.1 Å². The lowest BCUT2D eigenvalue weighted by atomic mass is 9.87. The van der Waals surface area contributed by atoms with Gasteiger partial charge in [0.25, 0.3) is 0 Å². The van der Waals surface area contributed by atoms with Gasteiger partial charge in [0, 0.05) is 43.9 Å². The number of aliphatic hydroxyl groups excluding tert-OH is 2. The number of methoxy groups -OCH3 is 1. The molecule has 6 atom stereocenters. The van der Waals surface area contributed by atoms with Crippen LogP contribution >= 0.6 is 0 Å². The van der Waals surface area contributed by atoms with E-state index in [1.807, 2.05) is 13.0 Å². The van der Waals surface area contributed by atoms with E-state index in [0.29, 0.717) is 25.2 Å². The Hall–Kier alpha value is -1.84. The van der Waals surface area contributed by atoms with Crippen molar-refractivity contribution in [1.29, 1.82) is 0 Å². The van der Waals surface area contributed by atoms with Crippen molar-refractivity contribution in [3.63, 3.8) is 0 Å². The zero-order valence-electron chi connectivity index (χ0n) is 19.8. The fourth-order valence-electron chi connectivity index (χ4n) is 4.35. The van der Waals surface area contributed by atoms with Crippen LogP contribution in [0.25, 0.3) is 0 Å². The van der Waals surface area contributed by atoms with Gasteiger partial charge in [-0.15, -0.1) is 5.92 Å². The number of hydrogen-bond donors (Lipinski definition) is 2. The van der Waals surface area contributed by atoms with Gasteiger partial charge in [0.15, 0.2) is 0 Å². The highest BCUT2D eigenvalue weighted by molar-refractivity contribution is 5.69. The maximum Gasteiger partial charge on any atom is 0.305 e. The van der Waals surface area contributed by atoms with Crippen LogP contribution in [0.1, 0.15) is 78.1 Å². The summed E-state index contributed by atoms with van der Waals surface area (Å²) in [5.41, 5.74) is 0. The van der Waals surface area contributed by atoms with Crippen LogP contribution in [-0.2, 0) is 19.1 Å². The third-order valence-electron chi connectivity index (χ3n) is 6.52. The van der Waals surface area contributed by atoms with Gasteiger partial charge >= 0.3 is 11.9 Å². The van der Waals surface area contributed by atoms with Gasteiger partial charge in [-0.25, -0.2) is 0 Å². The quantitative estimate of drug-likeness (QED) is 0.204. The van der Waals surface area contributed by atoms with Crippen LogP contribution in [0.5, 0.6) is 0 Å². The molecule has 0 aliphatic heterocycles. The lowest BCUT2D eigenvalue weighted by Gasteiger charge is -2.24. The van der Waals surface area contributed by atoms with Crippen molar-refractivity contribution in [2.75, 3.05) is 7.11 Å². The lowest BCUT2D eigenvalue weighted by Crippen LogP contribution is -2.25. The summed E-state index contributed by atoms with van der Waals surface area (Å²) < 4.78 is 10.2. The number of ether oxygens (including phenoxy) is 2. The van der Waals surface area contributed by atoms with Crippen LogP contribution in [0.4, 0.5) is 0 Å². The van der Waals surface area contributed by atoms with Gasteiger partial charge in [0.05, 0.1) is 19.3 Å². The second kappa shape index (κ2) is 13.6. The summed E-state index contributed by atoms with van der Waals surface area (Å²) in [7, 11) is 1.40. The van der Waals surface area contributed by atoms with Gasteiger partial charge in [-0.05, 0) is 31.6 Å². The van der Waals surface area contributed by atoms with E-state index < -0.39 is 12.2 Å². The molecule has 6 nitrogen and oxygen atoms in total. The van der Waals surface area contributed by atoms with Gasteiger partial charge in [-0.1, -0.05) is 44.3 Å². The van der Waals surface area contributed by atoms with E-state index in [1.54, 1.807) is 6.08 Å². The molecule has 0 bridgehead atoms. The molecule has 2 unspecified atom stereocenters. The number of esters is 2. The first-order valence-electron chi connectivity index (χ1n) is 12.1. The smallest absolute Gasteiger partial charge is 0.305 e. The molecule has 0 aromatic heterocycles. The minimum absolute atomic E-state index is 0.0166. The van der Waals surface area contributed by atoms with Crippen molar-refractivity contribution in [2.24, 2.45) is 23.7 Å². The molecular weight excluding hydrogens is 408 g/mol. The summed E-state index contributed by atoms with van der Waals surface area (Å²) in [5.74, 6) is 6.32. The van der Waals surface area contributed by atoms with E-state index in [9.17, 15) is 19.8 Å². The van der Waals surface area contributed by atoms with Crippen molar-refractivity contribution in [2.45, 2.75) is 96.4 Å². The molecule has 0 saturated heterocycles. The van der Waals surface area contributed by atoms with E-state index in [-0.39, 0.29) is 35.8 Å². The average Bonchev–Trinajstić information content (AvgIpc) is 3.52. The van der Waals surface area contributed by atoms with Gasteiger partial charge in [-0.2, -0.15) is 0 Å². The standard InChI is InChI=1S/C26H40O6/c1-18(9-8-10-20-13-14-20)23(28)16-15-21-22(25(17-24(21)29)32-19(2)27)11-6-4-5-7-12-26(30)31-3/h15-16,18,20-25,28-29H,4-7,9,11-14,17H2,1-3H3/b16-15+/t18?,21-,22-,23?,24-,25+/m1/s1. The molecule has 32 heavy (non-hydrogen) atoms. The summed E-state index contributed by atoms with van der Waals surface area (Å²) in [5, 5.41) is 21.2. The maximum absolute atomic E-state index is 11.6. The van der Waals surface area contributed by atoms with Crippen LogP contribution in [0.15, 0.2) is 12.2 Å². The Bertz CT molecular complexity index is 686. The number of carbonyl (C=O) groups is 2. The van der Waals surface area contributed by atoms with Crippen LogP contribution in [0.3, 0.4) is 0 Å². The first-order chi connectivity index (χ1) is 15.3. The number of rotatable bonds is 12. The third kappa shape index (κ3) is 9.34. The minimum Gasteiger partial charge on any atom is -0.469 e. The molecule has 2 aliphatic rings. The molecule has 2 N–H and O–H groups in total. The summed E-state index contributed by atoms with van der Waals surface area (Å²) in [6.45, 7) is 3.38. The Kier molecular flexibility index (Phi) is 11.3. The molecule has 0 spiro atoms. The molecule has 0 amide bonds. The average molecular weight is 449 g/mol. The summed E-state index contributed by atoms with van der Waals surface area (Å²) in [6.07, 6.45) is 10.5. The molecule has 0 aromatic carbocycles. The van der Waals surface area contributed by atoms with Crippen LogP contribution in [0.2, 0.25) is 0 Å². The first kappa shape index (κ1) is 26.4. The van der Waals surface area contributed by atoms with Gasteiger partial charge in [0.2, 0.25) is 0 Å². The van der Waals surface area contributed by atoms with Gasteiger partial charge in [-0.3, -0.25) is 9.59 Å². The highest BCUT2D eigenvalue weighted by atomic mass is 16.5. The molecule has 6 heteroatoms. The van der Waals surface area contributed by atoms with Gasteiger partial charge < -0.3 is 19.7 Å². The van der Waals surface area contributed by atoms with E-state index >= 15 is 0 Å². The highest BCUT2D eigenvalue weighted by Crippen LogP contribution is 2.39. The molecule has 2 aliphatic carbocycles. The number of hydrogen-bond acceptors (Lipinski definition) is 6. The van der Waals surface area contributed by atoms with Crippen molar-refractivity contribution >= 4 is 11.9 Å². The van der Waals surface area contributed by atoms with Crippen LogP contribution in [-0.4, -0.2) is 47.6 Å². The number of carbonyl (C=O) groups excluding carboxylic acids is 2. The van der Waals surface area contributed by atoms with Crippen molar-refractivity contribution < 1.29 is 29.3 Å². The zero-order valence-corrected chi connectivity index (χ0v) is 19.8. The van der Waals surface area contributed by atoms with E-state index in [2.05, 4.69) is 16.6 Å². The fourth-order valence-corrected chi connectivity index (χ4v) is 4.35. The predicted octanol–water partition coefficient (Wildman–Crippen LogP) is 3.79. The van der Waals surface area contributed by atoms with Crippen LogP contribution in [0, 0.1) is 35.5 Å². The van der Waals surface area contributed by atoms with E-state index in [4.69, 9.17) is 4.74 Å². The normalized spacial score (nSPS) is 26.9. The van der Waals surface area contributed by atoms with Gasteiger partial charge in [0.1, 0.15) is 6.10 Å². The summed E-state index contributed by atoms with van der Waals surface area (Å²) in [6, 6.07) is 0. The van der Waals surface area contributed by atoms with Crippen molar-refractivity contribution in [3.05, 3.63) is 12.2 Å². The molecule has 0 aromatic rings. The highest BCUT2D eigenvalue weighted by Gasteiger charge is 2.42. The molecular formula is C26H40O6. The number of unbranched alkanes of at least 4 members (excludes halogenated alkanes) is 3. The monoisotopic (exact) mass is 448 g/mol. The summed E-state index contributed by atoms with van der Waals surface area (Å²) >= 11 is 0. The van der Waals surface area contributed by atoms with Crippen molar-refractivity contribution in [1.82, 2.24) is 0 Å². The summed E-state index contributed by atoms with van der Waals surface area (Å²) in [4.78, 5) is 22.8. The minimum atomic E-state index is -0.623.